The molecule has 1 N–H and O–H groups in total. The van der Waals surface area contributed by atoms with Crippen LogP contribution in [0, 0.1) is 6.92 Å². The van der Waals surface area contributed by atoms with Gasteiger partial charge in [-0.15, -0.1) is 24.2 Å². The molecule has 0 aliphatic carbocycles. The van der Waals surface area contributed by atoms with Gasteiger partial charge in [0.25, 0.3) is 0 Å². The predicted octanol–water partition coefficient (Wildman–Crippen LogP) is 3.14. The minimum Gasteiger partial charge on any atom is -0.478 e. The van der Waals surface area contributed by atoms with Crippen LogP contribution in [0.5, 0.6) is 0 Å². The summed E-state index contributed by atoms with van der Waals surface area (Å²) in [5.74, 6) is -0.184. The first-order valence-corrected chi connectivity index (χ1v) is 6.51. The molecule has 0 saturated heterocycles. The zero-order valence-corrected chi connectivity index (χ0v) is 12.3. The van der Waals surface area contributed by atoms with Crippen molar-refractivity contribution in [2.24, 2.45) is 7.05 Å². The van der Waals surface area contributed by atoms with E-state index in [4.69, 9.17) is 0 Å². The van der Waals surface area contributed by atoms with E-state index in [0.717, 1.165) is 11.3 Å². The monoisotopic (exact) mass is 298 g/mol. The number of carboxylic acid groups (broad SMARTS) is 1. The molecule has 0 spiro atoms. The molecule has 1 aromatic carbocycles. The average molecular weight is 299 g/mol. The fraction of sp³-hybridized carbons (Fsp3) is 0.231. The summed E-state index contributed by atoms with van der Waals surface area (Å²) in [6, 6.07) is 9.96. The average Bonchev–Trinajstić information content (AvgIpc) is 2.62. The summed E-state index contributed by atoms with van der Waals surface area (Å²) in [5, 5.41) is 14.0. The highest BCUT2D eigenvalue weighted by molar-refractivity contribution is 7.98. The van der Waals surface area contributed by atoms with Crippen molar-refractivity contribution in [2.45, 2.75) is 17.7 Å². The SMILES string of the molecule is Cc1nn(C)c(SCc2ccccc2)c1C(=O)O.Cl. The Labute approximate surface area is 122 Å². The molecule has 2 rings (SSSR count). The number of carboxylic acids is 1. The zero-order chi connectivity index (χ0) is 13.1. The van der Waals surface area contributed by atoms with Gasteiger partial charge in [0, 0.05) is 12.8 Å². The van der Waals surface area contributed by atoms with Crippen LogP contribution in [0.3, 0.4) is 0 Å². The molecule has 0 amide bonds. The van der Waals surface area contributed by atoms with Gasteiger partial charge in [-0.05, 0) is 12.5 Å². The Morgan fingerprint density at radius 1 is 1.37 bits per heavy atom. The Bertz CT molecular complexity index is 570. The van der Waals surface area contributed by atoms with Crippen molar-refractivity contribution in [1.29, 1.82) is 0 Å². The van der Waals surface area contributed by atoms with Crippen LogP contribution in [0.2, 0.25) is 0 Å². The van der Waals surface area contributed by atoms with Gasteiger partial charge < -0.3 is 5.11 Å². The molecule has 19 heavy (non-hydrogen) atoms. The number of aromatic carboxylic acids is 1. The summed E-state index contributed by atoms with van der Waals surface area (Å²) in [7, 11) is 1.77. The van der Waals surface area contributed by atoms with Crippen molar-refractivity contribution in [2.75, 3.05) is 0 Å². The maximum absolute atomic E-state index is 11.2. The fourth-order valence-electron chi connectivity index (χ4n) is 1.77. The van der Waals surface area contributed by atoms with E-state index in [1.54, 1.807) is 18.7 Å². The van der Waals surface area contributed by atoms with Crippen LogP contribution in [0.4, 0.5) is 0 Å². The standard InChI is InChI=1S/C13H14N2O2S.ClH/c1-9-11(13(16)17)12(15(2)14-9)18-8-10-6-4-3-5-7-10;/h3-7H,8H2,1-2H3,(H,16,17);1H. The molecular formula is C13H15ClN2O2S. The molecule has 0 fully saturated rings. The maximum Gasteiger partial charge on any atom is 0.340 e. The van der Waals surface area contributed by atoms with Crippen LogP contribution >= 0.6 is 24.2 Å². The Kier molecular flexibility index (Phi) is 5.44. The Hall–Kier alpha value is -1.46. The summed E-state index contributed by atoms with van der Waals surface area (Å²) in [4.78, 5) is 11.2. The first-order chi connectivity index (χ1) is 8.59. The van der Waals surface area contributed by atoms with E-state index in [0.29, 0.717) is 16.3 Å². The van der Waals surface area contributed by atoms with Crippen molar-refractivity contribution in [1.82, 2.24) is 9.78 Å². The molecule has 0 atom stereocenters. The van der Waals surface area contributed by atoms with Gasteiger partial charge in [0.05, 0.1) is 5.69 Å². The highest BCUT2D eigenvalue weighted by atomic mass is 35.5. The van der Waals surface area contributed by atoms with Crippen LogP contribution in [0.15, 0.2) is 35.4 Å². The number of carbonyl (C=O) groups is 1. The number of nitrogens with zero attached hydrogens (tertiary/aromatic N) is 2. The summed E-state index contributed by atoms with van der Waals surface area (Å²) in [6.07, 6.45) is 0. The van der Waals surface area contributed by atoms with E-state index in [1.807, 2.05) is 30.3 Å². The smallest absolute Gasteiger partial charge is 0.340 e. The molecule has 102 valence electrons. The molecule has 4 nitrogen and oxygen atoms in total. The van der Waals surface area contributed by atoms with Crippen molar-refractivity contribution in [3.05, 3.63) is 47.2 Å². The van der Waals surface area contributed by atoms with E-state index >= 15 is 0 Å². The van der Waals surface area contributed by atoms with Crippen molar-refractivity contribution in [3.63, 3.8) is 0 Å². The number of benzene rings is 1. The largest absolute Gasteiger partial charge is 0.478 e. The van der Waals surface area contributed by atoms with Gasteiger partial charge >= 0.3 is 5.97 Å². The number of thioether (sulfide) groups is 1. The lowest BCUT2D eigenvalue weighted by Crippen LogP contribution is -2.00. The second kappa shape index (κ2) is 6.63. The fourth-order valence-corrected chi connectivity index (χ4v) is 2.88. The third-order valence-electron chi connectivity index (χ3n) is 2.60. The molecule has 2 aromatic rings. The van der Waals surface area contributed by atoms with E-state index in [9.17, 15) is 9.90 Å². The lowest BCUT2D eigenvalue weighted by atomic mass is 10.2. The van der Waals surface area contributed by atoms with Crippen LogP contribution in [-0.4, -0.2) is 20.9 Å². The molecule has 1 heterocycles. The van der Waals surface area contributed by atoms with Gasteiger partial charge in [0.15, 0.2) is 0 Å². The summed E-state index contributed by atoms with van der Waals surface area (Å²) >= 11 is 1.50. The lowest BCUT2D eigenvalue weighted by molar-refractivity contribution is 0.0692. The Balaban J connectivity index is 0.00000180. The van der Waals surface area contributed by atoms with E-state index in [-0.39, 0.29) is 12.4 Å². The molecule has 0 bridgehead atoms. The Morgan fingerprint density at radius 3 is 2.58 bits per heavy atom. The van der Waals surface area contributed by atoms with E-state index < -0.39 is 5.97 Å². The van der Waals surface area contributed by atoms with Crippen molar-refractivity contribution < 1.29 is 9.90 Å². The third-order valence-corrected chi connectivity index (χ3v) is 3.82. The van der Waals surface area contributed by atoms with Crippen LogP contribution in [0.1, 0.15) is 21.6 Å². The molecule has 0 unspecified atom stereocenters. The first-order valence-electron chi connectivity index (χ1n) is 5.53. The third kappa shape index (κ3) is 3.52. The van der Waals surface area contributed by atoms with Crippen molar-refractivity contribution >= 4 is 30.1 Å². The van der Waals surface area contributed by atoms with E-state index in [1.165, 1.54) is 11.8 Å². The highest BCUT2D eigenvalue weighted by Crippen LogP contribution is 2.27. The normalized spacial score (nSPS) is 10.0. The van der Waals surface area contributed by atoms with Gasteiger partial charge in [-0.3, -0.25) is 4.68 Å². The van der Waals surface area contributed by atoms with Crippen LogP contribution < -0.4 is 0 Å². The van der Waals surface area contributed by atoms with Gasteiger partial charge in [-0.1, -0.05) is 30.3 Å². The molecule has 6 heteroatoms. The lowest BCUT2D eigenvalue weighted by Gasteiger charge is -2.03. The summed E-state index contributed by atoms with van der Waals surface area (Å²) in [6.45, 7) is 1.72. The quantitative estimate of drug-likeness (QED) is 0.881. The van der Waals surface area contributed by atoms with Gasteiger partial charge in [0.1, 0.15) is 10.6 Å². The summed E-state index contributed by atoms with van der Waals surface area (Å²) in [5.41, 5.74) is 2.02. The summed E-state index contributed by atoms with van der Waals surface area (Å²) < 4.78 is 1.63. The second-order valence-corrected chi connectivity index (χ2v) is 4.93. The molecular weight excluding hydrogens is 284 g/mol. The number of aromatic nitrogens is 2. The Morgan fingerprint density at radius 2 is 2.00 bits per heavy atom. The van der Waals surface area contributed by atoms with Gasteiger partial charge in [-0.2, -0.15) is 5.10 Å². The molecule has 0 aliphatic rings. The number of rotatable bonds is 4. The molecule has 0 aliphatic heterocycles. The van der Waals surface area contributed by atoms with E-state index in [2.05, 4.69) is 5.10 Å². The minimum atomic E-state index is -0.920. The predicted molar refractivity (Wildman–Crippen MR) is 78.2 cm³/mol. The van der Waals surface area contributed by atoms with Crippen LogP contribution in [-0.2, 0) is 12.8 Å². The highest BCUT2D eigenvalue weighted by Gasteiger charge is 2.19. The molecule has 0 saturated carbocycles. The minimum absolute atomic E-state index is 0. The zero-order valence-electron chi connectivity index (χ0n) is 10.7. The maximum atomic E-state index is 11.2. The number of hydrogen-bond acceptors (Lipinski definition) is 3. The first kappa shape index (κ1) is 15.6. The molecule has 0 radical (unpaired) electrons. The number of halogens is 1. The number of aryl methyl sites for hydroxylation is 2. The molecule has 1 aromatic heterocycles. The van der Waals surface area contributed by atoms with Gasteiger partial charge in [-0.25, -0.2) is 4.79 Å². The van der Waals surface area contributed by atoms with Crippen molar-refractivity contribution in [3.8, 4) is 0 Å². The number of hydrogen-bond donors (Lipinski definition) is 1. The topological polar surface area (TPSA) is 55.1 Å². The second-order valence-electron chi connectivity index (χ2n) is 3.97. The van der Waals surface area contributed by atoms with Crippen LogP contribution in [0.25, 0.3) is 0 Å². The van der Waals surface area contributed by atoms with Gasteiger partial charge in [0.2, 0.25) is 0 Å².